The third kappa shape index (κ3) is 1.48. The molecule has 0 saturated heterocycles. The van der Waals surface area contributed by atoms with E-state index in [9.17, 15) is 4.39 Å². The molecular weight excluding hydrogens is 181 g/mol. The zero-order chi connectivity index (χ0) is 10.3. The third-order valence-electron chi connectivity index (χ3n) is 2.49. The Morgan fingerprint density at radius 2 is 2.21 bits per heavy atom. The molecule has 3 heteroatoms. The van der Waals surface area contributed by atoms with Gasteiger partial charge in [0.2, 0.25) is 0 Å². The van der Waals surface area contributed by atoms with Crippen LogP contribution in [-0.4, -0.2) is 5.60 Å². The number of benzene rings is 1. The van der Waals surface area contributed by atoms with Crippen molar-refractivity contribution in [2.24, 2.45) is 5.73 Å². The van der Waals surface area contributed by atoms with E-state index in [4.69, 9.17) is 10.5 Å². The zero-order valence-electron chi connectivity index (χ0n) is 8.38. The van der Waals surface area contributed by atoms with Gasteiger partial charge >= 0.3 is 0 Å². The molecule has 1 aliphatic heterocycles. The first-order valence-electron chi connectivity index (χ1n) is 4.73. The maximum absolute atomic E-state index is 13.4. The van der Waals surface area contributed by atoms with Gasteiger partial charge in [-0.3, -0.25) is 0 Å². The van der Waals surface area contributed by atoms with E-state index in [0.29, 0.717) is 12.2 Å². The summed E-state index contributed by atoms with van der Waals surface area (Å²) in [6.07, 6.45) is 0.712. The van der Waals surface area contributed by atoms with Gasteiger partial charge in [0.1, 0.15) is 5.60 Å². The van der Waals surface area contributed by atoms with Gasteiger partial charge in [-0.25, -0.2) is 4.39 Å². The summed E-state index contributed by atoms with van der Waals surface area (Å²) in [5.74, 6) is -0.0121. The van der Waals surface area contributed by atoms with Crippen LogP contribution in [0.25, 0.3) is 0 Å². The normalized spacial score (nSPS) is 23.9. The molecule has 0 bridgehead atoms. The maximum atomic E-state index is 13.4. The highest BCUT2D eigenvalue weighted by Crippen LogP contribution is 2.39. The smallest absolute Gasteiger partial charge is 0.165 e. The van der Waals surface area contributed by atoms with Crippen molar-refractivity contribution in [2.75, 3.05) is 0 Å². The molecule has 2 nitrogen and oxygen atoms in total. The molecule has 1 aromatic rings. The minimum absolute atomic E-state index is 0.135. The van der Waals surface area contributed by atoms with Gasteiger partial charge in [0, 0.05) is 18.0 Å². The number of para-hydroxylation sites is 1. The lowest BCUT2D eigenvalue weighted by Gasteiger charge is -2.36. The second-order valence-electron chi connectivity index (χ2n) is 4.33. The van der Waals surface area contributed by atoms with Crippen molar-refractivity contribution in [2.45, 2.75) is 31.9 Å². The van der Waals surface area contributed by atoms with E-state index >= 15 is 0 Å². The van der Waals surface area contributed by atoms with Crippen LogP contribution < -0.4 is 10.5 Å². The summed E-state index contributed by atoms with van der Waals surface area (Å²) in [5, 5.41) is 0. The van der Waals surface area contributed by atoms with Crippen LogP contribution in [0.5, 0.6) is 5.75 Å². The first kappa shape index (κ1) is 9.46. The van der Waals surface area contributed by atoms with E-state index in [-0.39, 0.29) is 17.5 Å². The molecule has 0 aliphatic carbocycles. The fourth-order valence-corrected chi connectivity index (χ4v) is 1.88. The van der Waals surface area contributed by atoms with E-state index in [1.54, 1.807) is 6.07 Å². The van der Waals surface area contributed by atoms with E-state index in [0.717, 1.165) is 5.56 Å². The van der Waals surface area contributed by atoms with Crippen molar-refractivity contribution in [1.82, 2.24) is 0 Å². The van der Waals surface area contributed by atoms with Gasteiger partial charge in [-0.15, -0.1) is 0 Å². The Morgan fingerprint density at radius 1 is 1.50 bits per heavy atom. The fraction of sp³-hybridized carbons (Fsp3) is 0.455. The van der Waals surface area contributed by atoms with Gasteiger partial charge in [0.25, 0.3) is 0 Å². The third-order valence-corrected chi connectivity index (χ3v) is 2.49. The highest BCUT2D eigenvalue weighted by Gasteiger charge is 2.33. The summed E-state index contributed by atoms with van der Waals surface area (Å²) >= 11 is 0. The van der Waals surface area contributed by atoms with Crippen LogP contribution in [0.3, 0.4) is 0 Å². The number of hydrogen-bond acceptors (Lipinski definition) is 2. The second kappa shape index (κ2) is 2.95. The van der Waals surface area contributed by atoms with Crippen molar-refractivity contribution in [3.05, 3.63) is 29.6 Å². The largest absolute Gasteiger partial charge is 0.484 e. The molecule has 2 N–H and O–H groups in total. The van der Waals surface area contributed by atoms with Gasteiger partial charge < -0.3 is 10.5 Å². The molecule has 1 aromatic carbocycles. The Kier molecular flexibility index (Phi) is 2.00. The lowest BCUT2D eigenvalue weighted by molar-refractivity contribution is 0.0674. The average Bonchev–Trinajstić information content (AvgIpc) is 2.05. The Balaban J connectivity index is 2.51. The fourth-order valence-electron chi connectivity index (χ4n) is 1.88. The lowest BCUT2D eigenvalue weighted by atomic mass is 9.90. The predicted molar refractivity (Wildman–Crippen MR) is 52.7 cm³/mol. The summed E-state index contributed by atoms with van der Waals surface area (Å²) in [5.41, 5.74) is 6.33. The van der Waals surface area contributed by atoms with Crippen molar-refractivity contribution >= 4 is 0 Å². The molecule has 0 amide bonds. The Bertz CT molecular complexity index is 362. The van der Waals surface area contributed by atoms with E-state index in [1.165, 1.54) is 6.07 Å². The molecule has 0 saturated carbocycles. The molecule has 0 unspecified atom stereocenters. The van der Waals surface area contributed by atoms with Crippen LogP contribution >= 0.6 is 0 Å². The summed E-state index contributed by atoms with van der Waals surface area (Å²) in [4.78, 5) is 0. The number of nitrogens with two attached hydrogens (primary N) is 1. The van der Waals surface area contributed by atoms with Crippen LogP contribution in [0.1, 0.15) is 31.9 Å². The standard InChI is InChI=1S/C11H14FNO/c1-11(2)6-9(13)7-4-3-5-8(12)10(7)14-11/h3-5,9H,6,13H2,1-2H3/t9-/m1/s1. The molecule has 0 radical (unpaired) electrons. The van der Waals surface area contributed by atoms with Gasteiger partial charge in [-0.2, -0.15) is 0 Å². The summed E-state index contributed by atoms with van der Waals surface area (Å²) in [7, 11) is 0. The summed E-state index contributed by atoms with van der Waals surface area (Å²) in [6.45, 7) is 3.84. The van der Waals surface area contributed by atoms with Gasteiger partial charge in [-0.1, -0.05) is 12.1 Å². The minimum Gasteiger partial charge on any atom is -0.484 e. The van der Waals surface area contributed by atoms with Crippen molar-refractivity contribution in [1.29, 1.82) is 0 Å². The molecule has 2 rings (SSSR count). The van der Waals surface area contributed by atoms with E-state index in [2.05, 4.69) is 0 Å². The molecule has 14 heavy (non-hydrogen) atoms. The Morgan fingerprint density at radius 3 is 2.93 bits per heavy atom. The quantitative estimate of drug-likeness (QED) is 0.689. The maximum Gasteiger partial charge on any atom is 0.165 e. The van der Waals surface area contributed by atoms with E-state index < -0.39 is 0 Å². The first-order valence-corrected chi connectivity index (χ1v) is 4.73. The molecule has 1 aliphatic rings. The van der Waals surface area contributed by atoms with Crippen molar-refractivity contribution in [3.63, 3.8) is 0 Å². The molecule has 0 fully saturated rings. The first-order chi connectivity index (χ1) is 6.49. The molecule has 76 valence electrons. The predicted octanol–water partition coefficient (Wildman–Crippen LogP) is 2.39. The van der Waals surface area contributed by atoms with Gasteiger partial charge in [0.05, 0.1) is 0 Å². The SMILES string of the molecule is CC1(C)C[C@@H](N)c2cccc(F)c2O1. The number of fused-ring (bicyclic) bond motifs is 1. The number of ether oxygens (including phenoxy) is 1. The summed E-state index contributed by atoms with van der Waals surface area (Å²) in [6, 6.07) is 4.74. The molecule has 0 spiro atoms. The number of rotatable bonds is 0. The molecule has 1 atom stereocenters. The Labute approximate surface area is 82.9 Å². The second-order valence-corrected chi connectivity index (χ2v) is 4.33. The molecular formula is C11H14FNO. The number of halogens is 1. The van der Waals surface area contributed by atoms with Crippen LogP contribution in [0.4, 0.5) is 4.39 Å². The van der Waals surface area contributed by atoms with E-state index in [1.807, 2.05) is 19.9 Å². The average molecular weight is 195 g/mol. The van der Waals surface area contributed by atoms with Crippen LogP contribution in [0.2, 0.25) is 0 Å². The lowest BCUT2D eigenvalue weighted by Crippen LogP contribution is -2.37. The van der Waals surface area contributed by atoms with Crippen LogP contribution in [0, 0.1) is 5.82 Å². The van der Waals surface area contributed by atoms with Gasteiger partial charge in [0.15, 0.2) is 11.6 Å². The van der Waals surface area contributed by atoms with Crippen molar-refractivity contribution < 1.29 is 9.13 Å². The summed E-state index contributed by atoms with van der Waals surface area (Å²) < 4.78 is 19.0. The topological polar surface area (TPSA) is 35.2 Å². The molecule has 0 aromatic heterocycles. The minimum atomic E-state index is -0.380. The Hall–Kier alpha value is -1.09. The highest BCUT2D eigenvalue weighted by atomic mass is 19.1. The number of hydrogen-bond donors (Lipinski definition) is 1. The van der Waals surface area contributed by atoms with Gasteiger partial charge in [-0.05, 0) is 19.9 Å². The van der Waals surface area contributed by atoms with Crippen molar-refractivity contribution in [3.8, 4) is 5.75 Å². The van der Waals surface area contributed by atoms with Crippen LogP contribution in [0.15, 0.2) is 18.2 Å². The highest BCUT2D eigenvalue weighted by molar-refractivity contribution is 5.39. The monoisotopic (exact) mass is 195 g/mol. The van der Waals surface area contributed by atoms with Crippen LogP contribution in [-0.2, 0) is 0 Å². The zero-order valence-corrected chi connectivity index (χ0v) is 8.38. The molecule has 1 heterocycles.